The Bertz CT molecular complexity index is 520. The maximum absolute atomic E-state index is 12.1. The second kappa shape index (κ2) is 6.32. The molecule has 1 aromatic rings. The number of anilines is 1. The number of carbonyl (C=O) groups is 1. The molecule has 1 aromatic carbocycles. The van der Waals surface area contributed by atoms with Crippen LogP contribution >= 0.6 is 0 Å². The maximum Gasteiger partial charge on any atom is 0.238 e. The van der Waals surface area contributed by atoms with Crippen LogP contribution in [-0.4, -0.2) is 48.9 Å². The van der Waals surface area contributed by atoms with Gasteiger partial charge in [0.1, 0.15) is 0 Å². The van der Waals surface area contributed by atoms with Gasteiger partial charge < -0.3 is 19.9 Å². The number of nitrogens with zero attached hydrogens (tertiary/aromatic N) is 1. The molecule has 1 atom stereocenters. The van der Waals surface area contributed by atoms with Crippen LogP contribution in [0.25, 0.3) is 0 Å². The molecular weight excluding hydrogens is 272 g/mol. The van der Waals surface area contributed by atoms with E-state index in [0.717, 1.165) is 25.9 Å². The zero-order valence-corrected chi connectivity index (χ0v) is 11.9. The van der Waals surface area contributed by atoms with E-state index in [2.05, 4.69) is 10.2 Å². The van der Waals surface area contributed by atoms with Crippen molar-refractivity contribution >= 4 is 11.6 Å². The van der Waals surface area contributed by atoms with Crippen molar-refractivity contribution < 1.29 is 19.4 Å². The molecule has 0 radical (unpaired) electrons. The van der Waals surface area contributed by atoms with E-state index >= 15 is 0 Å². The Kier molecular flexibility index (Phi) is 4.26. The van der Waals surface area contributed by atoms with E-state index in [1.165, 1.54) is 0 Å². The lowest BCUT2D eigenvalue weighted by Crippen LogP contribution is -2.41. The number of fused-ring (bicyclic) bond motifs is 1. The number of amides is 1. The van der Waals surface area contributed by atoms with Crippen LogP contribution in [0.2, 0.25) is 0 Å². The molecule has 0 saturated carbocycles. The second-order valence-corrected chi connectivity index (χ2v) is 5.54. The fourth-order valence-corrected chi connectivity index (χ4v) is 2.82. The number of aliphatic hydroxyl groups excluding tert-OH is 1. The average molecular weight is 292 g/mol. The Balaban J connectivity index is 1.54. The summed E-state index contributed by atoms with van der Waals surface area (Å²) in [6.07, 6.45) is 2.07. The zero-order valence-electron chi connectivity index (χ0n) is 11.9. The lowest BCUT2D eigenvalue weighted by atomic mass is 9.99. The molecule has 21 heavy (non-hydrogen) atoms. The minimum Gasteiger partial charge on any atom is -0.454 e. The first-order chi connectivity index (χ1) is 10.2. The van der Waals surface area contributed by atoms with Gasteiger partial charge >= 0.3 is 0 Å². The summed E-state index contributed by atoms with van der Waals surface area (Å²) in [5.41, 5.74) is 0.708. The summed E-state index contributed by atoms with van der Waals surface area (Å²) in [6.45, 7) is 2.46. The molecule has 0 aromatic heterocycles. The molecule has 0 bridgehead atoms. The van der Waals surface area contributed by atoms with E-state index in [0.29, 0.717) is 23.7 Å². The lowest BCUT2D eigenvalue weighted by molar-refractivity contribution is -0.117. The topological polar surface area (TPSA) is 71.0 Å². The highest BCUT2D eigenvalue weighted by atomic mass is 16.7. The van der Waals surface area contributed by atoms with Crippen LogP contribution in [0.1, 0.15) is 12.8 Å². The smallest absolute Gasteiger partial charge is 0.238 e. The predicted octanol–water partition coefficient (Wildman–Crippen LogP) is 1.06. The van der Waals surface area contributed by atoms with Gasteiger partial charge in [-0.3, -0.25) is 9.69 Å². The second-order valence-electron chi connectivity index (χ2n) is 5.54. The van der Waals surface area contributed by atoms with Crippen molar-refractivity contribution in [3.63, 3.8) is 0 Å². The molecule has 1 unspecified atom stereocenters. The zero-order chi connectivity index (χ0) is 14.7. The Morgan fingerprint density at radius 1 is 1.38 bits per heavy atom. The van der Waals surface area contributed by atoms with Crippen molar-refractivity contribution in [3.05, 3.63) is 18.2 Å². The molecule has 6 nitrogen and oxygen atoms in total. The third kappa shape index (κ3) is 3.46. The van der Waals surface area contributed by atoms with Gasteiger partial charge in [-0.25, -0.2) is 0 Å². The molecule has 2 aliphatic heterocycles. The van der Waals surface area contributed by atoms with E-state index in [1.807, 2.05) is 0 Å². The van der Waals surface area contributed by atoms with E-state index in [1.54, 1.807) is 18.2 Å². The van der Waals surface area contributed by atoms with Crippen molar-refractivity contribution in [2.45, 2.75) is 12.8 Å². The number of likely N-dealkylation sites (tertiary alicyclic amines) is 1. The van der Waals surface area contributed by atoms with E-state index in [4.69, 9.17) is 9.47 Å². The maximum atomic E-state index is 12.1. The van der Waals surface area contributed by atoms with Crippen LogP contribution in [-0.2, 0) is 4.79 Å². The minimum absolute atomic E-state index is 0.0487. The predicted molar refractivity (Wildman–Crippen MR) is 77.4 cm³/mol. The summed E-state index contributed by atoms with van der Waals surface area (Å²) >= 11 is 0. The number of hydrogen-bond donors (Lipinski definition) is 2. The Morgan fingerprint density at radius 3 is 3.10 bits per heavy atom. The third-order valence-corrected chi connectivity index (χ3v) is 3.88. The highest BCUT2D eigenvalue weighted by molar-refractivity contribution is 5.92. The van der Waals surface area contributed by atoms with Gasteiger partial charge in [-0.1, -0.05) is 0 Å². The molecule has 0 spiro atoms. The number of carbonyl (C=O) groups excluding carboxylic acids is 1. The van der Waals surface area contributed by atoms with Crippen LogP contribution in [0.3, 0.4) is 0 Å². The molecule has 0 aliphatic carbocycles. The van der Waals surface area contributed by atoms with Gasteiger partial charge in [0.2, 0.25) is 12.7 Å². The van der Waals surface area contributed by atoms with Crippen LogP contribution in [0.15, 0.2) is 18.2 Å². The molecule has 2 aliphatic rings. The highest BCUT2D eigenvalue weighted by Crippen LogP contribution is 2.34. The summed E-state index contributed by atoms with van der Waals surface area (Å²) < 4.78 is 10.5. The van der Waals surface area contributed by atoms with E-state index in [9.17, 15) is 9.90 Å². The Morgan fingerprint density at radius 2 is 2.24 bits per heavy atom. The summed E-state index contributed by atoms with van der Waals surface area (Å²) in [5.74, 6) is 1.60. The molecule has 1 fully saturated rings. The normalized spacial score (nSPS) is 21.3. The average Bonchev–Trinajstić information content (AvgIpc) is 2.95. The van der Waals surface area contributed by atoms with Crippen LogP contribution in [0.4, 0.5) is 5.69 Å². The van der Waals surface area contributed by atoms with Crippen LogP contribution in [0, 0.1) is 5.92 Å². The van der Waals surface area contributed by atoms with Crippen LogP contribution < -0.4 is 14.8 Å². The van der Waals surface area contributed by atoms with Gasteiger partial charge in [0, 0.05) is 24.9 Å². The van der Waals surface area contributed by atoms with Gasteiger partial charge in [-0.2, -0.15) is 0 Å². The number of benzene rings is 1. The molecule has 1 saturated heterocycles. The molecule has 2 N–H and O–H groups in total. The van der Waals surface area contributed by atoms with Crippen molar-refractivity contribution in [3.8, 4) is 11.5 Å². The molecule has 1 amide bonds. The fourth-order valence-electron chi connectivity index (χ4n) is 2.82. The molecule has 6 heteroatoms. The van der Waals surface area contributed by atoms with Gasteiger partial charge in [0.05, 0.1) is 6.54 Å². The summed E-state index contributed by atoms with van der Waals surface area (Å²) in [5, 5.41) is 12.1. The largest absolute Gasteiger partial charge is 0.454 e. The molecule has 2 heterocycles. The van der Waals surface area contributed by atoms with Crippen molar-refractivity contribution in [2.24, 2.45) is 5.92 Å². The fraction of sp³-hybridized carbons (Fsp3) is 0.533. The van der Waals surface area contributed by atoms with Crippen LogP contribution in [0.5, 0.6) is 11.5 Å². The third-order valence-electron chi connectivity index (χ3n) is 3.88. The Hall–Kier alpha value is -1.79. The highest BCUT2D eigenvalue weighted by Gasteiger charge is 2.21. The number of hydrogen-bond acceptors (Lipinski definition) is 5. The van der Waals surface area contributed by atoms with Gasteiger partial charge in [-0.05, 0) is 37.4 Å². The molecule has 114 valence electrons. The number of nitrogens with one attached hydrogen (secondary N) is 1. The molecule has 3 rings (SSSR count). The van der Waals surface area contributed by atoms with E-state index < -0.39 is 0 Å². The number of piperidine rings is 1. The van der Waals surface area contributed by atoms with Crippen molar-refractivity contribution in [1.82, 2.24) is 4.90 Å². The van der Waals surface area contributed by atoms with E-state index in [-0.39, 0.29) is 25.2 Å². The molecular formula is C15H20N2O4. The number of aliphatic hydroxyl groups is 1. The first kappa shape index (κ1) is 14.2. The quantitative estimate of drug-likeness (QED) is 0.868. The monoisotopic (exact) mass is 292 g/mol. The first-order valence-corrected chi connectivity index (χ1v) is 7.27. The SMILES string of the molecule is O=C(CN1CCCC(CO)C1)Nc1ccc2c(c1)OCO2. The number of ether oxygens (including phenoxy) is 2. The lowest BCUT2D eigenvalue weighted by Gasteiger charge is -2.31. The van der Waals surface area contributed by atoms with Crippen molar-refractivity contribution in [2.75, 3.05) is 38.4 Å². The van der Waals surface area contributed by atoms with Gasteiger partial charge in [-0.15, -0.1) is 0 Å². The minimum atomic E-state index is -0.0487. The van der Waals surface area contributed by atoms with Crippen molar-refractivity contribution in [1.29, 1.82) is 0 Å². The van der Waals surface area contributed by atoms with Gasteiger partial charge in [0.25, 0.3) is 0 Å². The first-order valence-electron chi connectivity index (χ1n) is 7.27. The summed E-state index contributed by atoms with van der Waals surface area (Å²) in [7, 11) is 0. The Labute approximate surface area is 123 Å². The summed E-state index contributed by atoms with van der Waals surface area (Å²) in [4.78, 5) is 14.2. The van der Waals surface area contributed by atoms with Gasteiger partial charge in [0.15, 0.2) is 11.5 Å². The number of rotatable bonds is 4. The summed E-state index contributed by atoms with van der Waals surface area (Å²) in [6, 6.07) is 5.37. The standard InChI is InChI=1S/C15H20N2O4/c18-9-11-2-1-5-17(7-11)8-15(19)16-12-3-4-13-14(6-12)21-10-20-13/h3-4,6,11,18H,1-2,5,7-10H2,(H,16,19).